The van der Waals surface area contributed by atoms with E-state index in [2.05, 4.69) is 4.98 Å². The maximum Gasteiger partial charge on any atom is 0.248 e. The zero-order chi connectivity index (χ0) is 8.43. The molecule has 0 fully saturated rings. The Kier molecular flexibility index (Phi) is 2.17. The van der Waals surface area contributed by atoms with Gasteiger partial charge in [-0.15, -0.1) is 0 Å². The molecule has 0 saturated heterocycles. The average Bonchev–Trinajstić information content (AvgIpc) is 1.94. The molecule has 1 aromatic rings. The van der Waals surface area contributed by atoms with Crippen molar-refractivity contribution in [1.29, 1.82) is 0 Å². The van der Waals surface area contributed by atoms with E-state index in [0.717, 1.165) is 0 Å². The van der Waals surface area contributed by atoms with Gasteiger partial charge in [0.2, 0.25) is 5.95 Å². The highest BCUT2D eigenvalue weighted by atomic mass is 19.2. The van der Waals surface area contributed by atoms with E-state index < -0.39 is 11.8 Å². The van der Waals surface area contributed by atoms with E-state index in [1.165, 1.54) is 12.3 Å². The largest absolute Gasteiger partial charge is 0.248 e. The molecule has 1 heterocycles. The Morgan fingerprint density at radius 3 is 2.45 bits per heavy atom. The minimum Gasteiger partial charge on any atom is -0.225 e. The van der Waals surface area contributed by atoms with Crippen LogP contribution in [0.2, 0.25) is 0 Å². The number of aromatic nitrogens is 1. The van der Waals surface area contributed by atoms with Gasteiger partial charge >= 0.3 is 0 Å². The lowest BCUT2D eigenvalue weighted by Gasteiger charge is -2.03. The molecule has 0 aliphatic carbocycles. The van der Waals surface area contributed by atoms with Gasteiger partial charge in [-0.3, -0.25) is 0 Å². The summed E-state index contributed by atoms with van der Waals surface area (Å²) >= 11 is 0. The summed E-state index contributed by atoms with van der Waals surface area (Å²) < 4.78 is 24.8. The van der Waals surface area contributed by atoms with E-state index in [9.17, 15) is 8.78 Å². The third kappa shape index (κ3) is 1.73. The highest BCUT2D eigenvalue weighted by Crippen LogP contribution is 2.14. The van der Waals surface area contributed by atoms with Crippen LogP contribution in [0.1, 0.15) is 25.3 Å². The molecule has 0 aliphatic rings. The van der Waals surface area contributed by atoms with Gasteiger partial charge in [0, 0.05) is 6.20 Å². The van der Waals surface area contributed by atoms with Gasteiger partial charge in [-0.2, -0.15) is 4.39 Å². The number of nitrogens with zero attached hydrogens (tertiary/aromatic N) is 1. The van der Waals surface area contributed by atoms with Gasteiger partial charge in [0.25, 0.3) is 0 Å². The lowest BCUT2D eigenvalue weighted by Crippen LogP contribution is -1.94. The molecular formula is C8H9F2N. The lowest BCUT2D eigenvalue weighted by molar-refractivity contribution is 0.476. The minimum atomic E-state index is -1.03. The molecule has 11 heavy (non-hydrogen) atoms. The second-order valence-electron chi connectivity index (χ2n) is 2.70. The SMILES string of the molecule is CC(C)c1cnc(F)c(F)c1. The monoisotopic (exact) mass is 157 g/mol. The van der Waals surface area contributed by atoms with Crippen LogP contribution in [0, 0.1) is 11.8 Å². The minimum absolute atomic E-state index is 0.178. The Balaban J connectivity index is 3.05. The van der Waals surface area contributed by atoms with E-state index in [0.29, 0.717) is 5.56 Å². The van der Waals surface area contributed by atoms with Crippen molar-refractivity contribution in [3.8, 4) is 0 Å². The standard InChI is InChI=1S/C8H9F2N/c1-5(2)6-3-7(9)8(10)11-4-6/h3-5H,1-2H3. The lowest BCUT2D eigenvalue weighted by atomic mass is 10.1. The molecule has 0 aliphatic heterocycles. The molecule has 1 nitrogen and oxygen atoms in total. The zero-order valence-electron chi connectivity index (χ0n) is 6.44. The fraction of sp³-hybridized carbons (Fsp3) is 0.375. The van der Waals surface area contributed by atoms with Crippen LogP contribution in [0.5, 0.6) is 0 Å². The van der Waals surface area contributed by atoms with Crippen LogP contribution in [0.4, 0.5) is 8.78 Å². The first-order valence-electron chi connectivity index (χ1n) is 3.42. The van der Waals surface area contributed by atoms with Crippen molar-refractivity contribution in [2.45, 2.75) is 19.8 Å². The molecule has 3 heteroatoms. The van der Waals surface area contributed by atoms with E-state index in [1.54, 1.807) is 0 Å². The van der Waals surface area contributed by atoms with Crippen LogP contribution in [0.15, 0.2) is 12.3 Å². The van der Waals surface area contributed by atoms with Crippen molar-refractivity contribution in [1.82, 2.24) is 4.98 Å². The van der Waals surface area contributed by atoms with Crippen LogP contribution >= 0.6 is 0 Å². The summed E-state index contributed by atoms with van der Waals surface area (Å²) in [5, 5.41) is 0. The maximum atomic E-state index is 12.5. The fourth-order valence-electron chi connectivity index (χ4n) is 0.752. The molecule has 60 valence electrons. The van der Waals surface area contributed by atoms with Crippen molar-refractivity contribution in [3.63, 3.8) is 0 Å². The number of hydrogen-bond acceptors (Lipinski definition) is 1. The molecular weight excluding hydrogens is 148 g/mol. The van der Waals surface area contributed by atoms with E-state index >= 15 is 0 Å². The molecule has 1 rings (SSSR count). The molecule has 0 bridgehead atoms. The summed E-state index contributed by atoms with van der Waals surface area (Å²) in [5.41, 5.74) is 0.712. The number of halogens is 2. The maximum absolute atomic E-state index is 12.5. The van der Waals surface area contributed by atoms with Gasteiger partial charge in [0.05, 0.1) is 0 Å². The second kappa shape index (κ2) is 2.95. The highest BCUT2D eigenvalue weighted by Gasteiger charge is 2.05. The first-order chi connectivity index (χ1) is 5.11. The normalized spacial score (nSPS) is 10.6. The Hall–Kier alpha value is -0.990. The third-order valence-electron chi connectivity index (χ3n) is 1.48. The Morgan fingerprint density at radius 2 is 2.00 bits per heavy atom. The number of pyridine rings is 1. The molecule has 0 amide bonds. The first kappa shape index (κ1) is 8.11. The van der Waals surface area contributed by atoms with Crippen molar-refractivity contribution in [2.24, 2.45) is 0 Å². The predicted molar refractivity (Wildman–Crippen MR) is 38.2 cm³/mol. The zero-order valence-corrected chi connectivity index (χ0v) is 6.44. The van der Waals surface area contributed by atoms with Crippen LogP contribution < -0.4 is 0 Å². The summed E-state index contributed by atoms with van der Waals surface area (Å²) in [6, 6.07) is 1.17. The molecule has 0 atom stereocenters. The average molecular weight is 157 g/mol. The van der Waals surface area contributed by atoms with Crippen molar-refractivity contribution < 1.29 is 8.78 Å². The molecule has 1 aromatic heterocycles. The van der Waals surface area contributed by atoms with Gasteiger partial charge in [-0.25, -0.2) is 9.37 Å². The number of rotatable bonds is 1. The van der Waals surface area contributed by atoms with Crippen LogP contribution in [0.3, 0.4) is 0 Å². The Bertz CT molecular complexity index is 258. The molecule has 0 N–H and O–H groups in total. The summed E-state index contributed by atoms with van der Waals surface area (Å²) in [4.78, 5) is 3.26. The Morgan fingerprint density at radius 1 is 1.36 bits per heavy atom. The summed E-state index contributed by atoms with van der Waals surface area (Å²) in [5.74, 6) is -1.73. The number of hydrogen-bond donors (Lipinski definition) is 0. The third-order valence-corrected chi connectivity index (χ3v) is 1.48. The van der Waals surface area contributed by atoms with Gasteiger partial charge < -0.3 is 0 Å². The second-order valence-corrected chi connectivity index (χ2v) is 2.70. The highest BCUT2D eigenvalue weighted by molar-refractivity contribution is 5.14. The van der Waals surface area contributed by atoms with E-state index in [-0.39, 0.29) is 5.92 Å². The molecule has 0 aromatic carbocycles. The van der Waals surface area contributed by atoms with Crippen LogP contribution in [-0.2, 0) is 0 Å². The Labute approximate surface area is 64.1 Å². The van der Waals surface area contributed by atoms with Gasteiger partial charge in [-0.1, -0.05) is 13.8 Å². The summed E-state index contributed by atoms with van der Waals surface area (Å²) in [6.45, 7) is 3.79. The van der Waals surface area contributed by atoms with Gasteiger partial charge in [0.1, 0.15) is 0 Å². The predicted octanol–water partition coefficient (Wildman–Crippen LogP) is 2.48. The molecule has 0 saturated carbocycles. The quantitative estimate of drug-likeness (QED) is 0.570. The fourth-order valence-corrected chi connectivity index (χ4v) is 0.752. The topological polar surface area (TPSA) is 12.9 Å². The van der Waals surface area contributed by atoms with Crippen molar-refractivity contribution in [3.05, 3.63) is 29.6 Å². The first-order valence-corrected chi connectivity index (χ1v) is 3.42. The van der Waals surface area contributed by atoms with E-state index in [1.807, 2.05) is 13.8 Å². The van der Waals surface area contributed by atoms with Gasteiger partial charge in [0.15, 0.2) is 5.82 Å². The molecule has 0 spiro atoms. The van der Waals surface area contributed by atoms with Crippen LogP contribution in [-0.4, -0.2) is 4.98 Å². The summed E-state index contributed by atoms with van der Waals surface area (Å²) in [6.07, 6.45) is 1.35. The van der Waals surface area contributed by atoms with E-state index in [4.69, 9.17) is 0 Å². The van der Waals surface area contributed by atoms with Crippen molar-refractivity contribution >= 4 is 0 Å². The molecule has 0 unspecified atom stereocenters. The summed E-state index contributed by atoms with van der Waals surface area (Å²) in [7, 11) is 0. The molecule has 0 radical (unpaired) electrons. The smallest absolute Gasteiger partial charge is 0.225 e. The van der Waals surface area contributed by atoms with Gasteiger partial charge in [-0.05, 0) is 17.5 Å². The van der Waals surface area contributed by atoms with Crippen LogP contribution in [0.25, 0.3) is 0 Å². The van der Waals surface area contributed by atoms with Crippen molar-refractivity contribution in [2.75, 3.05) is 0 Å².